The number of ether oxygens (including phenoxy) is 1. The smallest absolute Gasteiger partial charge is 0.323 e. The average molecular weight is 293 g/mol. The molecular weight excluding hydrogens is 266 g/mol. The van der Waals surface area contributed by atoms with E-state index in [0.29, 0.717) is 0 Å². The highest BCUT2D eigenvalue weighted by molar-refractivity contribution is 5.76. The van der Waals surface area contributed by atoms with Crippen LogP contribution in [-0.4, -0.2) is 45.4 Å². The van der Waals surface area contributed by atoms with Crippen LogP contribution in [0.2, 0.25) is 0 Å². The van der Waals surface area contributed by atoms with Crippen molar-refractivity contribution in [2.75, 3.05) is 13.1 Å². The van der Waals surface area contributed by atoms with E-state index >= 15 is 0 Å². The Morgan fingerprint density at radius 2 is 2.19 bits per heavy atom. The van der Waals surface area contributed by atoms with Crippen molar-refractivity contribution in [2.45, 2.75) is 58.1 Å². The summed E-state index contributed by atoms with van der Waals surface area (Å²) in [5, 5.41) is 4.19. The van der Waals surface area contributed by atoms with Gasteiger partial charge >= 0.3 is 5.97 Å². The Kier molecular flexibility index (Phi) is 5.04. The number of likely N-dealkylation sites (tertiary alicyclic amines) is 1. The molecule has 2 rings (SSSR count). The van der Waals surface area contributed by atoms with Gasteiger partial charge in [0.05, 0.1) is 6.20 Å². The number of carbonyl (C=O) groups is 1. The Hall–Kier alpha value is -1.36. The lowest BCUT2D eigenvalue weighted by atomic mass is 10.0. The van der Waals surface area contributed by atoms with E-state index in [4.69, 9.17) is 4.74 Å². The second-order valence-electron chi connectivity index (χ2n) is 6.85. The Bertz CT molecular complexity index is 476. The maximum atomic E-state index is 12.4. The Morgan fingerprint density at radius 3 is 2.81 bits per heavy atom. The van der Waals surface area contributed by atoms with Gasteiger partial charge in [0.25, 0.3) is 0 Å². The summed E-state index contributed by atoms with van der Waals surface area (Å²) < 4.78 is 7.38. The molecule has 1 aromatic rings. The van der Waals surface area contributed by atoms with E-state index in [1.165, 1.54) is 5.56 Å². The average Bonchev–Trinajstić information content (AvgIpc) is 2.80. The highest BCUT2D eigenvalue weighted by atomic mass is 16.6. The zero-order chi connectivity index (χ0) is 15.5. The van der Waals surface area contributed by atoms with E-state index in [1.54, 1.807) is 0 Å². The molecule has 0 bridgehead atoms. The van der Waals surface area contributed by atoms with Crippen LogP contribution in [-0.2, 0) is 23.0 Å². The molecule has 1 atom stereocenters. The maximum absolute atomic E-state index is 12.4. The molecule has 1 aliphatic rings. The van der Waals surface area contributed by atoms with Crippen LogP contribution in [0.3, 0.4) is 0 Å². The summed E-state index contributed by atoms with van der Waals surface area (Å²) >= 11 is 0. The predicted octanol–water partition coefficient (Wildman–Crippen LogP) is 2.16. The first kappa shape index (κ1) is 16.0. The summed E-state index contributed by atoms with van der Waals surface area (Å²) in [4.78, 5) is 14.6. The number of esters is 1. The Balaban J connectivity index is 1.93. The van der Waals surface area contributed by atoms with Crippen LogP contribution in [0, 0.1) is 0 Å². The molecule has 1 saturated heterocycles. The van der Waals surface area contributed by atoms with Crippen LogP contribution >= 0.6 is 0 Å². The molecule has 0 radical (unpaired) electrons. The fraction of sp³-hybridized carbons (Fsp3) is 0.750. The van der Waals surface area contributed by atoms with Gasteiger partial charge in [-0.1, -0.05) is 6.42 Å². The minimum absolute atomic E-state index is 0.0756. The highest BCUT2D eigenvalue weighted by Gasteiger charge is 2.32. The minimum atomic E-state index is -0.413. The summed E-state index contributed by atoms with van der Waals surface area (Å²) in [5.41, 5.74) is 0.801. The lowest BCUT2D eigenvalue weighted by Crippen LogP contribution is -2.47. The van der Waals surface area contributed by atoms with Crippen molar-refractivity contribution in [3.8, 4) is 0 Å². The Morgan fingerprint density at radius 1 is 1.43 bits per heavy atom. The van der Waals surface area contributed by atoms with Gasteiger partial charge in [-0.2, -0.15) is 5.10 Å². The number of hydrogen-bond donors (Lipinski definition) is 0. The molecule has 0 aliphatic carbocycles. The molecule has 2 heterocycles. The van der Waals surface area contributed by atoms with Gasteiger partial charge in [0.15, 0.2) is 0 Å². The number of carbonyl (C=O) groups excluding carboxylic acids is 1. The van der Waals surface area contributed by atoms with Crippen LogP contribution in [0.5, 0.6) is 0 Å². The second-order valence-corrected chi connectivity index (χ2v) is 6.85. The molecule has 0 saturated carbocycles. The number of hydrogen-bond acceptors (Lipinski definition) is 4. The molecule has 0 amide bonds. The molecule has 0 unspecified atom stereocenters. The zero-order valence-electron chi connectivity index (χ0n) is 13.6. The number of piperidine rings is 1. The number of rotatable bonds is 4. The van der Waals surface area contributed by atoms with Crippen molar-refractivity contribution in [3.05, 3.63) is 18.0 Å². The van der Waals surface area contributed by atoms with Gasteiger partial charge in [0.1, 0.15) is 11.6 Å². The lowest BCUT2D eigenvalue weighted by molar-refractivity contribution is -0.162. The van der Waals surface area contributed by atoms with E-state index in [1.807, 2.05) is 44.9 Å². The quantitative estimate of drug-likeness (QED) is 0.798. The van der Waals surface area contributed by atoms with Gasteiger partial charge in [0, 0.05) is 19.8 Å². The molecule has 5 heteroatoms. The molecular formula is C16H27N3O2. The van der Waals surface area contributed by atoms with Gasteiger partial charge in [-0.3, -0.25) is 14.4 Å². The van der Waals surface area contributed by atoms with Gasteiger partial charge in [0.2, 0.25) is 0 Å². The van der Waals surface area contributed by atoms with Gasteiger partial charge < -0.3 is 4.74 Å². The van der Waals surface area contributed by atoms with Crippen molar-refractivity contribution >= 4 is 5.97 Å². The van der Waals surface area contributed by atoms with E-state index in [-0.39, 0.29) is 12.0 Å². The first-order valence-corrected chi connectivity index (χ1v) is 7.79. The van der Waals surface area contributed by atoms with E-state index in [9.17, 15) is 4.79 Å². The molecule has 118 valence electrons. The number of aromatic nitrogens is 2. The number of nitrogens with zero attached hydrogens (tertiary/aromatic N) is 3. The van der Waals surface area contributed by atoms with Gasteiger partial charge in [-0.05, 0) is 52.1 Å². The highest BCUT2D eigenvalue weighted by Crippen LogP contribution is 2.21. The van der Waals surface area contributed by atoms with E-state index in [0.717, 1.165) is 38.8 Å². The fourth-order valence-electron chi connectivity index (χ4n) is 2.77. The third kappa shape index (κ3) is 4.84. The predicted molar refractivity (Wildman–Crippen MR) is 82.0 cm³/mol. The zero-order valence-corrected chi connectivity index (χ0v) is 13.6. The monoisotopic (exact) mass is 293 g/mol. The largest absolute Gasteiger partial charge is 0.459 e. The van der Waals surface area contributed by atoms with Gasteiger partial charge in [-0.25, -0.2) is 0 Å². The van der Waals surface area contributed by atoms with Gasteiger partial charge in [-0.15, -0.1) is 0 Å². The summed E-state index contributed by atoms with van der Waals surface area (Å²) in [6.45, 7) is 7.63. The molecule has 5 nitrogen and oxygen atoms in total. The molecule has 1 aliphatic heterocycles. The SMILES string of the molecule is Cn1cc(CCN2CCCC[C@H]2C(=O)OC(C)(C)C)cn1. The van der Waals surface area contributed by atoms with E-state index < -0.39 is 5.60 Å². The van der Waals surface area contributed by atoms with Crippen molar-refractivity contribution in [3.63, 3.8) is 0 Å². The van der Waals surface area contributed by atoms with Crippen molar-refractivity contribution in [2.24, 2.45) is 7.05 Å². The third-order valence-electron chi connectivity index (χ3n) is 3.74. The van der Waals surface area contributed by atoms with Crippen LogP contribution in [0.1, 0.15) is 45.6 Å². The standard InChI is InChI=1S/C16H27N3O2/c1-16(2,3)21-15(20)14-7-5-6-9-19(14)10-8-13-11-17-18(4)12-13/h11-12,14H,5-10H2,1-4H3/t14-/m0/s1. The molecule has 0 spiro atoms. The van der Waals surface area contributed by atoms with E-state index in [2.05, 4.69) is 10.00 Å². The van der Waals surface area contributed by atoms with Crippen molar-refractivity contribution < 1.29 is 9.53 Å². The summed E-state index contributed by atoms with van der Waals surface area (Å²) in [6.07, 6.45) is 8.02. The Labute approximate surface area is 127 Å². The summed E-state index contributed by atoms with van der Waals surface area (Å²) in [5.74, 6) is -0.0756. The maximum Gasteiger partial charge on any atom is 0.323 e. The van der Waals surface area contributed by atoms with Crippen LogP contribution in [0.25, 0.3) is 0 Å². The lowest BCUT2D eigenvalue weighted by Gasteiger charge is -2.35. The van der Waals surface area contributed by atoms with Crippen LogP contribution in [0.4, 0.5) is 0 Å². The molecule has 1 fully saturated rings. The molecule has 21 heavy (non-hydrogen) atoms. The molecule has 0 N–H and O–H groups in total. The number of aryl methyl sites for hydroxylation is 1. The third-order valence-corrected chi connectivity index (χ3v) is 3.74. The second kappa shape index (κ2) is 6.60. The molecule has 1 aromatic heterocycles. The van der Waals surface area contributed by atoms with Crippen molar-refractivity contribution in [1.82, 2.24) is 14.7 Å². The van der Waals surface area contributed by atoms with Crippen molar-refractivity contribution in [1.29, 1.82) is 0 Å². The summed E-state index contributed by atoms with van der Waals surface area (Å²) in [7, 11) is 1.92. The first-order chi connectivity index (χ1) is 9.85. The minimum Gasteiger partial charge on any atom is -0.459 e. The topological polar surface area (TPSA) is 47.4 Å². The normalized spacial score (nSPS) is 20.5. The van der Waals surface area contributed by atoms with Crippen LogP contribution in [0.15, 0.2) is 12.4 Å². The first-order valence-electron chi connectivity index (χ1n) is 7.79. The fourth-order valence-corrected chi connectivity index (χ4v) is 2.77. The summed E-state index contributed by atoms with van der Waals surface area (Å²) in [6, 6.07) is -0.0883. The molecule has 0 aromatic carbocycles. The van der Waals surface area contributed by atoms with Crippen LogP contribution < -0.4 is 0 Å².